The second-order valence-electron chi connectivity index (χ2n) is 1.63. The van der Waals surface area contributed by atoms with Crippen LogP contribution in [0.2, 0.25) is 0 Å². The molecule has 1 heteroatoms. The Morgan fingerprint density at radius 3 is 2.75 bits per heavy atom. The van der Waals surface area contributed by atoms with Crippen molar-refractivity contribution in [3.8, 4) is 0 Å². The average Bonchev–Trinajstić information content (AvgIpc) is 1.68. The van der Waals surface area contributed by atoms with Gasteiger partial charge in [-0.3, -0.25) is 4.99 Å². The largest absolute Gasteiger partial charge is 0.297 e. The summed E-state index contributed by atoms with van der Waals surface area (Å²) in [5.41, 5.74) is 1.19. The van der Waals surface area contributed by atoms with Crippen LogP contribution in [0.1, 0.15) is 6.92 Å². The van der Waals surface area contributed by atoms with Gasteiger partial charge in [-0.2, -0.15) is 0 Å². The molecule has 0 spiro atoms. The van der Waals surface area contributed by atoms with E-state index in [-0.39, 0.29) is 0 Å². The van der Waals surface area contributed by atoms with E-state index in [0.717, 1.165) is 0 Å². The number of hydrogen-bond donors (Lipinski definition) is 0. The predicted octanol–water partition coefficient (Wildman–Crippen LogP) is 1.82. The molecule has 0 saturated carbocycles. The number of allylic oxidation sites excluding steroid dienone is 2. The van der Waals surface area contributed by atoms with Crippen molar-refractivity contribution in [2.75, 3.05) is 6.54 Å². The molecule has 0 aliphatic rings. The minimum Gasteiger partial charge on any atom is -0.297 e. The van der Waals surface area contributed by atoms with Crippen molar-refractivity contribution < 1.29 is 0 Å². The highest BCUT2D eigenvalue weighted by Gasteiger charge is 1.78. The van der Waals surface area contributed by atoms with Crippen molar-refractivity contribution in [1.29, 1.82) is 0 Å². The second-order valence-corrected chi connectivity index (χ2v) is 1.63. The van der Waals surface area contributed by atoms with E-state index < -0.39 is 0 Å². The van der Waals surface area contributed by atoms with Crippen LogP contribution in [0.25, 0.3) is 0 Å². The van der Waals surface area contributed by atoms with Crippen LogP contribution in [-0.4, -0.2) is 13.3 Å². The summed E-state index contributed by atoms with van der Waals surface area (Å²) in [5, 5.41) is 0. The Kier molecular flexibility index (Phi) is 3.85. The zero-order chi connectivity index (χ0) is 6.41. The van der Waals surface area contributed by atoms with Gasteiger partial charge in [-0.15, -0.1) is 0 Å². The van der Waals surface area contributed by atoms with Crippen LogP contribution in [-0.2, 0) is 0 Å². The van der Waals surface area contributed by atoms with Gasteiger partial charge in [0.15, 0.2) is 0 Å². The molecule has 0 fully saturated rings. The fraction of sp³-hybridized carbons (Fsp3) is 0.286. The van der Waals surface area contributed by atoms with Crippen molar-refractivity contribution in [2.45, 2.75) is 6.92 Å². The monoisotopic (exact) mass is 109 g/mol. The summed E-state index contributed by atoms with van der Waals surface area (Å²) in [6, 6.07) is 0. The molecule has 0 heterocycles. The summed E-state index contributed by atoms with van der Waals surface area (Å²) in [5.74, 6) is 0. The minimum atomic E-state index is 0.714. The van der Waals surface area contributed by atoms with Crippen LogP contribution in [0.4, 0.5) is 0 Å². The van der Waals surface area contributed by atoms with E-state index >= 15 is 0 Å². The first kappa shape index (κ1) is 7.15. The Balaban J connectivity index is 3.60. The molecule has 0 aromatic heterocycles. The van der Waals surface area contributed by atoms with Gasteiger partial charge in [-0.05, 0) is 13.6 Å². The second kappa shape index (κ2) is 4.31. The molecule has 0 saturated heterocycles. The lowest BCUT2D eigenvalue weighted by molar-refractivity contribution is 1.15. The van der Waals surface area contributed by atoms with Crippen LogP contribution in [0, 0.1) is 0 Å². The van der Waals surface area contributed by atoms with Crippen LogP contribution in [0.3, 0.4) is 0 Å². The maximum atomic E-state index is 3.69. The zero-order valence-corrected chi connectivity index (χ0v) is 5.22. The van der Waals surface area contributed by atoms with Crippen LogP contribution in [0.15, 0.2) is 29.3 Å². The van der Waals surface area contributed by atoms with Gasteiger partial charge in [-0.1, -0.05) is 24.3 Å². The van der Waals surface area contributed by atoms with Gasteiger partial charge in [0, 0.05) is 0 Å². The maximum Gasteiger partial charge on any atom is 0.0592 e. The predicted molar refractivity (Wildman–Crippen MR) is 38.4 cm³/mol. The van der Waals surface area contributed by atoms with E-state index in [1.165, 1.54) is 5.57 Å². The fourth-order valence-electron chi connectivity index (χ4n) is 0.430. The number of hydrogen-bond acceptors (Lipinski definition) is 1. The first-order chi connectivity index (χ1) is 3.81. The van der Waals surface area contributed by atoms with E-state index in [4.69, 9.17) is 0 Å². The summed E-state index contributed by atoms with van der Waals surface area (Å²) in [4.78, 5) is 3.69. The van der Waals surface area contributed by atoms with Crippen molar-refractivity contribution in [2.24, 2.45) is 4.99 Å². The molecule has 0 aliphatic carbocycles. The summed E-state index contributed by atoms with van der Waals surface area (Å²) in [6.07, 6.45) is 3.68. The highest BCUT2D eigenvalue weighted by atomic mass is 14.7. The molecule has 0 rings (SSSR count). The van der Waals surface area contributed by atoms with E-state index in [1.54, 1.807) is 6.08 Å². The molecule has 0 atom stereocenters. The molecule has 0 radical (unpaired) electrons. The fourth-order valence-corrected chi connectivity index (χ4v) is 0.430. The highest BCUT2D eigenvalue weighted by molar-refractivity contribution is 5.25. The third-order valence-corrected chi connectivity index (χ3v) is 0.764. The number of aliphatic imine (C=N–C) groups is 1. The van der Waals surface area contributed by atoms with Gasteiger partial charge < -0.3 is 0 Å². The molecule has 0 aromatic carbocycles. The third-order valence-electron chi connectivity index (χ3n) is 0.764. The standard InChI is InChI=1S/C7H11N/c1-4-5-7(2)6-8-3/h4-5H,1,3,6H2,2H3/b7-5+. The molecule has 44 valence electrons. The van der Waals surface area contributed by atoms with Crippen molar-refractivity contribution in [1.82, 2.24) is 0 Å². The van der Waals surface area contributed by atoms with Gasteiger partial charge in [-0.25, -0.2) is 0 Å². The van der Waals surface area contributed by atoms with Crippen LogP contribution < -0.4 is 0 Å². The lowest BCUT2D eigenvalue weighted by Gasteiger charge is -1.88. The Bertz CT molecular complexity index is 112. The molecule has 0 aliphatic heterocycles. The zero-order valence-electron chi connectivity index (χ0n) is 5.22. The van der Waals surface area contributed by atoms with Crippen LogP contribution in [0.5, 0.6) is 0 Å². The summed E-state index contributed by atoms with van der Waals surface area (Å²) in [6.45, 7) is 9.61. The first-order valence-electron chi connectivity index (χ1n) is 2.52. The third kappa shape index (κ3) is 3.34. The van der Waals surface area contributed by atoms with Gasteiger partial charge in [0.25, 0.3) is 0 Å². The average molecular weight is 109 g/mol. The molecule has 0 aromatic rings. The maximum absolute atomic E-state index is 3.69. The lowest BCUT2D eigenvalue weighted by atomic mass is 10.3. The van der Waals surface area contributed by atoms with E-state index in [1.807, 2.05) is 13.0 Å². The van der Waals surface area contributed by atoms with Crippen molar-refractivity contribution in [3.63, 3.8) is 0 Å². The SMILES string of the molecule is C=C/C=C(\C)CN=C. The summed E-state index contributed by atoms with van der Waals surface area (Å²) in [7, 11) is 0. The van der Waals surface area contributed by atoms with E-state index in [9.17, 15) is 0 Å². The Morgan fingerprint density at radius 2 is 2.38 bits per heavy atom. The number of rotatable bonds is 3. The summed E-state index contributed by atoms with van der Waals surface area (Å²) >= 11 is 0. The number of nitrogens with zero attached hydrogens (tertiary/aromatic N) is 1. The molecule has 0 unspecified atom stereocenters. The molecular weight excluding hydrogens is 98.1 g/mol. The smallest absolute Gasteiger partial charge is 0.0592 e. The van der Waals surface area contributed by atoms with Crippen molar-refractivity contribution >= 4 is 6.72 Å². The van der Waals surface area contributed by atoms with Gasteiger partial charge >= 0.3 is 0 Å². The molecule has 0 N–H and O–H groups in total. The quantitative estimate of drug-likeness (QED) is 0.387. The van der Waals surface area contributed by atoms with E-state index in [0.29, 0.717) is 6.54 Å². The molecule has 0 amide bonds. The van der Waals surface area contributed by atoms with Gasteiger partial charge in [0.2, 0.25) is 0 Å². The van der Waals surface area contributed by atoms with Crippen molar-refractivity contribution in [3.05, 3.63) is 24.3 Å². The minimum absolute atomic E-state index is 0.714. The Hall–Kier alpha value is -0.850. The molecule has 8 heavy (non-hydrogen) atoms. The molecular formula is C7H11N. The summed E-state index contributed by atoms with van der Waals surface area (Å²) < 4.78 is 0. The molecule has 1 nitrogen and oxygen atoms in total. The van der Waals surface area contributed by atoms with Gasteiger partial charge in [0.1, 0.15) is 0 Å². The van der Waals surface area contributed by atoms with Gasteiger partial charge in [0.05, 0.1) is 6.54 Å². The highest BCUT2D eigenvalue weighted by Crippen LogP contribution is 1.90. The van der Waals surface area contributed by atoms with Crippen LogP contribution >= 0.6 is 0 Å². The molecule has 0 bridgehead atoms. The Labute approximate surface area is 50.4 Å². The topological polar surface area (TPSA) is 12.4 Å². The lowest BCUT2D eigenvalue weighted by Crippen LogP contribution is -1.78. The van der Waals surface area contributed by atoms with E-state index in [2.05, 4.69) is 18.3 Å². The normalized spacial score (nSPS) is 10.9. The first-order valence-corrected chi connectivity index (χ1v) is 2.52. The Morgan fingerprint density at radius 1 is 1.75 bits per heavy atom.